The van der Waals surface area contributed by atoms with Crippen LogP contribution in [0.2, 0.25) is 0 Å². The van der Waals surface area contributed by atoms with E-state index in [4.69, 9.17) is 4.74 Å². The van der Waals surface area contributed by atoms with E-state index in [0.29, 0.717) is 6.61 Å². The molecule has 0 saturated heterocycles. The van der Waals surface area contributed by atoms with E-state index in [1.54, 1.807) is 18.3 Å². The Balaban J connectivity index is 0.000000855. The van der Waals surface area contributed by atoms with Gasteiger partial charge in [0.2, 0.25) is 0 Å². The molecule has 0 amide bonds. The van der Waals surface area contributed by atoms with Crippen LogP contribution in [0.5, 0.6) is 5.75 Å². The van der Waals surface area contributed by atoms with E-state index < -0.39 is 0 Å². The van der Waals surface area contributed by atoms with Gasteiger partial charge in [-0.3, -0.25) is 4.99 Å². The Bertz CT molecular complexity index is 807. The summed E-state index contributed by atoms with van der Waals surface area (Å²) in [5, 5.41) is 0. The van der Waals surface area contributed by atoms with Crippen molar-refractivity contribution in [1.29, 1.82) is 0 Å². The average molecular weight is 361 g/mol. The lowest BCUT2D eigenvalue weighted by atomic mass is 10.2. The van der Waals surface area contributed by atoms with Crippen LogP contribution in [0.3, 0.4) is 0 Å². The van der Waals surface area contributed by atoms with E-state index in [2.05, 4.69) is 17.8 Å². The molecule has 0 N–H and O–H groups in total. The van der Waals surface area contributed by atoms with Crippen molar-refractivity contribution in [2.24, 2.45) is 4.99 Å². The molecule has 0 atom stereocenters. The van der Waals surface area contributed by atoms with E-state index in [0.717, 1.165) is 22.6 Å². The average Bonchev–Trinajstić information content (AvgIpc) is 2.76. The van der Waals surface area contributed by atoms with Crippen LogP contribution in [0.15, 0.2) is 83.9 Å². The van der Waals surface area contributed by atoms with Crippen LogP contribution < -0.4 is 4.74 Å². The van der Waals surface area contributed by atoms with Gasteiger partial charge in [0.25, 0.3) is 0 Å². The van der Waals surface area contributed by atoms with Crippen molar-refractivity contribution >= 4 is 11.9 Å². The van der Waals surface area contributed by atoms with E-state index in [9.17, 15) is 4.39 Å². The van der Waals surface area contributed by atoms with E-state index in [1.807, 2.05) is 68.4 Å². The number of nitrogens with zero attached hydrogens (tertiary/aromatic N) is 1. The molecule has 0 fully saturated rings. The minimum Gasteiger partial charge on any atom is -0.489 e. The predicted octanol–water partition coefficient (Wildman–Crippen LogP) is 6.43. The zero-order valence-electron chi connectivity index (χ0n) is 15.7. The summed E-state index contributed by atoms with van der Waals surface area (Å²) in [5.41, 5.74) is 2.81. The Hall–Kier alpha value is -3.38. The number of ether oxygens (including phenoxy) is 1. The molecule has 3 rings (SSSR count). The molecule has 2 nitrogen and oxygen atoms in total. The summed E-state index contributed by atoms with van der Waals surface area (Å²) < 4.78 is 18.6. The van der Waals surface area contributed by atoms with Crippen molar-refractivity contribution in [3.05, 3.63) is 95.8 Å². The fraction of sp³-hybridized carbons (Fsp3) is 0.125. The Morgan fingerprint density at radius 3 is 2.04 bits per heavy atom. The zero-order chi connectivity index (χ0) is 19.9. The summed E-state index contributed by atoms with van der Waals surface area (Å²) in [7, 11) is 0. The molecule has 0 aliphatic rings. The van der Waals surface area contributed by atoms with Gasteiger partial charge in [-0.25, -0.2) is 4.39 Å². The monoisotopic (exact) mass is 361 g/mol. The molecule has 3 aromatic carbocycles. The number of rotatable bonds is 5. The Labute approximate surface area is 161 Å². The summed E-state index contributed by atoms with van der Waals surface area (Å²) in [5.74, 6) is 0.552. The second-order valence-corrected chi connectivity index (χ2v) is 5.08. The lowest BCUT2D eigenvalue weighted by Gasteiger charge is -2.06. The minimum absolute atomic E-state index is 0.260. The summed E-state index contributed by atoms with van der Waals surface area (Å²) in [4.78, 5) is 4.31. The third kappa shape index (κ3) is 8.02. The van der Waals surface area contributed by atoms with Gasteiger partial charge in [-0.15, -0.1) is 12.8 Å². The first-order chi connectivity index (χ1) is 13.3. The van der Waals surface area contributed by atoms with Crippen LogP contribution in [0, 0.1) is 18.7 Å². The highest BCUT2D eigenvalue weighted by Crippen LogP contribution is 2.15. The molecule has 0 radical (unpaired) electrons. The molecule has 3 aromatic rings. The molecule has 0 spiro atoms. The highest BCUT2D eigenvalue weighted by atomic mass is 19.1. The summed E-state index contributed by atoms with van der Waals surface area (Å²) >= 11 is 0. The van der Waals surface area contributed by atoms with Gasteiger partial charge in [-0.05, 0) is 59.7 Å². The van der Waals surface area contributed by atoms with Crippen LogP contribution in [0.1, 0.15) is 25.0 Å². The molecule has 3 heteroatoms. The van der Waals surface area contributed by atoms with Gasteiger partial charge in [0, 0.05) is 6.21 Å². The SMILES string of the molecule is C#C.CC.Fc1ccc(N=Cc2ccc(OCc3ccccc3)cc2)cc1. The number of halogens is 1. The molecule has 0 aromatic heterocycles. The molecular formula is C24H24FNO. The maximum Gasteiger partial charge on any atom is 0.123 e. The van der Waals surface area contributed by atoms with Crippen LogP contribution in [-0.2, 0) is 6.61 Å². The number of benzene rings is 3. The highest BCUT2D eigenvalue weighted by molar-refractivity contribution is 5.82. The van der Waals surface area contributed by atoms with Gasteiger partial charge in [-0.1, -0.05) is 44.2 Å². The van der Waals surface area contributed by atoms with E-state index in [-0.39, 0.29) is 5.82 Å². The smallest absolute Gasteiger partial charge is 0.123 e. The van der Waals surface area contributed by atoms with E-state index >= 15 is 0 Å². The van der Waals surface area contributed by atoms with Crippen LogP contribution in [0.25, 0.3) is 0 Å². The van der Waals surface area contributed by atoms with Gasteiger partial charge in [0.15, 0.2) is 0 Å². The number of hydrogen-bond acceptors (Lipinski definition) is 2. The first-order valence-corrected chi connectivity index (χ1v) is 8.69. The van der Waals surface area contributed by atoms with Crippen molar-refractivity contribution in [2.75, 3.05) is 0 Å². The summed E-state index contributed by atoms with van der Waals surface area (Å²) in [6, 6.07) is 23.8. The van der Waals surface area contributed by atoms with Crippen molar-refractivity contribution in [3.63, 3.8) is 0 Å². The molecule has 0 aliphatic carbocycles. The van der Waals surface area contributed by atoms with Gasteiger partial charge in [-0.2, -0.15) is 0 Å². The highest BCUT2D eigenvalue weighted by Gasteiger charge is 1.96. The molecular weight excluding hydrogens is 337 g/mol. The number of aliphatic imine (C=N–C) groups is 1. The van der Waals surface area contributed by atoms with Crippen molar-refractivity contribution in [3.8, 4) is 18.6 Å². The van der Waals surface area contributed by atoms with E-state index in [1.165, 1.54) is 12.1 Å². The molecule has 0 bridgehead atoms. The van der Waals surface area contributed by atoms with Crippen molar-refractivity contribution in [2.45, 2.75) is 20.5 Å². The maximum absolute atomic E-state index is 12.8. The van der Waals surface area contributed by atoms with Gasteiger partial charge in [0.05, 0.1) is 5.69 Å². The topological polar surface area (TPSA) is 21.6 Å². The van der Waals surface area contributed by atoms with Gasteiger partial charge >= 0.3 is 0 Å². The second-order valence-electron chi connectivity index (χ2n) is 5.08. The predicted molar refractivity (Wildman–Crippen MR) is 112 cm³/mol. The standard InChI is InChI=1S/C20H16FNO.C2H6.C2H2/c21-18-8-10-19(11-9-18)22-14-16-6-12-20(13-7-16)23-15-17-4-2-1-3-5-17;2*1-2/h1-14H,15H2;1-2H3;1-2H. The first-order valence-electron chi connectivity index (χ1n) is 8.69. The maximum atomic E-state index is 12.8. The first kappa shape index (κ1) is 21.7. The summed E-state index contributed by atoms with van der Waals surface area (Å²) in [6.45, 7) is 4.55. The van der Waals surface area contributed by atoms with Crippen molar-refractivity contribution < 1.29 is 9.13 Å². The minimum atomic E-state index is -0.260. The molecule has 0 aliphatic heterocycles. The lowest BCUT2D eigenvalue weighted by molar-refractivity contribution is 0.306. The van der Waals surface area contributed by atoms with Crippen LogP contribution in [-0.4, -0.2) is 6.21 Å². The number of terminal acetylenes is 1. The quantitative estimate of drug-likeness (QED) is 0.379. The molecule has 0 unspecified atom stereocenters. The fourth-order valence-corrected chi connectivity index (χ4v) is 2.07. The number of hydrogen-bond donors (Lipinski definition) is 0. The normalized spacial score (nSPS) is 9.52. The Kier molecular flexibility index (Phi) is 10.4. The zero-order valence-corrected chi connectivity index (χ0v) is 15.7. The molecule has 0 heterocycles. The lowest BCUT2D eigenvalue weighted by Crippen LogP contribution is -1.94. The second kappa shape index (κ2) is 12.9. The molecule has 0 saturated carbocycles. The third-order valence-electron chi connectivity index (χ3n) is 3.32. The molecule has 138 valence electrons. The Morgan fingerprint density at radius 2 is 1.44 bits per heavy atom. The molecule has 27 heavy (non-hydrogen) atoms. The van der Waals surface area contributed by atoms with Crippen molar-refractivity contribution in [1.82, 2.24) is 0 Å². The van der Waals surface area contributed by atoms with Crippen LogP contribution in [0.4, 0.5) is 10.1 Å². The van der Waals surface area contributed by atoms with Crippen LogP contribution >= 0.6 is 0 Å². The Morgan fingerprint density at radius 1 is 0.852 bits per heavy atom. The largest absolute Gasteiger partial charge is 0.489 e. The third-order valence-corrected chi connectivity index (χ3v) is 3.32. The van der Waals surface area contributed by atoms with Gasteiger partial charge < -0.3 is 4.74 Å². The summed E-state index contributed by atoms with van der Waals surface area (Å²) in [6.07, 6.45) is 9.74. The fourth-order valence-electron chi connectivity index (χ4n) is 2.07. The van der Waals surface area contributed by atoms with Gasteiger partial charge in [0.1, 0.15) is 18.2 Å².